The number of amidine groups is 1. The Morgan fingerprint density at radius 2 is 2.43 bits per heavy atom. The second-order valence-electron chi connectivity index (χ2n) is 3.50. The van der Waals surface area contributed by atoms with Gasteiger partial charge in [-0.05, 0) is 18.6 Å². The molecule has 2 unspecified atom stereocenters. The molecule has 0 aromatic rings. The highest BCUT2D eigenvalue weighted by Gasteiger charge is 2.26. The number of hydrogen-bond acceptors (Lipinski definition) is 4. The Balaban J connectivity index is 2.28. The Bertz CT molecular complexity index is 198. The molecule has 0 bridgehead atoms. The van der Waals surface area contributed by atoms with E-state index in [1.54, 1.807) is 0 Å². The number of rotatable bonds is 5. The Labute approximate surface area is 89.3 Å². The fourth-order valence-corrected chi connectivity index (χ4v) is 3.07. The van der Waals surface area contributed by atoms with Crippen LogP contribution in [0.15, 0.2) is 5.16 Å². The van der Waals surface area contributed by atoms with E-state index in [0.29, 0.717) is 17.8 Å². The minimum absolute atomic E-state index is 0.261. The quantitative estimate of drug-likeness (QED) is 0.278. The molecule has 82 valence electrons. The van der Waals surface area contributed by atoms with Crippen molar-refractivity contribution < 1.29 is 5.21 Å². The van der Waals surface area contributed by atoms with Gasteiger partial charge in [0.1, 0.15) is 0 Å². The van der Waals surface area contributed by atoms with E-state index < -0.39 is 0 Å². The first kappa shape index (κ1) is 11.7. The zero-order valence-electron chi connectivity index (χ0n) is 8.57. The van der Waals surface area contributed by atoms with E-state index in [-0.39, 0.29) is 5.84 Å². The highest BCUT2D eigenvalue weighted by Crippen LogP contribution is 2.29. The number of nitrogens with one attached hydrogen (secondary N) is 1. The van der Waals surface area contributed by atoms with Gasteiger partial charge in [-0.2, -0.15) is 11.8 Å². The molecule has 1 aliphatic carbocycles. The summed E-state index contributed by atoms with van der Waals surface area (Å²) < 4.78 is 0. The van der Waals surface area contributed by atoms with Gasteiger partial charge in [0.2, 0.25) is 0 Å². The Morgan fingerprint density at radius 1 is 1.64 bits per heavy atom. The highest BCUT2D eigenvalue weighted by molar-refractivity contribution is 7.99. The maximum absolute atomic E-state index is 8.40. The van der Waals surface area contributed by atoms with Crippen LogP contribution in [0.3, 0.4) is 0 Å². The van der Waals surface area contributed by atoms with Gasteiger partial charge >= 0.3 is 0 Å². The number of nitrogens with zero attached hydrogens (tertiary/aromatic N) is 1. The Kier molecular flexibility index (Phi) is 5.11. The van der Waals surface area contributed by atoms with Gasteiger partial charge in [-0.25, -0.2) is 0 Å². The topological polar surface area (TPSA) is 70.6 Å². The molecule has 0 aromatic heterocycles. The fourth-order valence-electron chi connectivity index (χ4n) is 1.84. The van der Waals surface area contributed by atoms with Crippen molar-refractivity contribution in [3.05, 3.63) is 0 Å². The molecule has 1 saturated carbocycles. The smallest absolute Gasteiger partial charge is 0.153 e. The first-order valence-electron chi connectivity index (χ1n) is 5.09. The van der Waals surface area contributed by atoms with Crippen LogP contribution in [0.5, 0.6) is 0 Å². The molecule has 0 saturated heterocycles. The van der Waals surface area contributed by atoms with E-state index in [2.05, 4.69) is 17.4 Å². The predicted octanol–water partition coefficient (Wildman–Crippen LogP) is 0.997. The number of oxime groups is 1. The molecule has 2 atom stereocenters. The predicted molar refractivity (Wildman–Crippen MR) is 61.0 cm³/mol. The van der Waals surface area contributed by atoms with Crippen LogP contribution >= 0.6 is 11.8 Å². The van der Waals surface area contributed by atoms with E-state index in [0.717, 1.165) is 5.75 Å². The summed E-state index contributed by atoms with van der Waals surface area (Å²) in [7, 11) is 0. The van der Waals surface area contributed by atoms with Gasteiger partial charge in [-0.15, -0.1) is 0 Å². The van der Waals surface area contributed by atoms with Crippen LogP contribution in [0.4, 0.5) is 0 Å². The Morgan fingerprint density at radius 3 is 3.07 bits per heavy atom. The molecule has 1 aliphatic rings. The number of thioether (sulfide) groups is 1. The molecule has 4 nitrogen and oxygen atoms in total. The van der Waals surface area contributed by atoms with Crippen molar-refractivity contribution in [2.24, 2.45) is 10.9 Å². The van der Waals surface area contributed by atoms with Crippen molar-refractivity contribution in [2.75, 3.05) is 12.3 Å². The molecule has 4 N–H and O–H groups in total. The third-order valence-corrected chi connectivity index (χ3v) is 3.83. The van der Waals surface area contributed by atoms with Crippen molar-refractivity contribution >= 4 is 17.6 Å². The average Bonchev–Trinajstić information content (AvgIpc) is 2.62. The summed E-state index contributed by atoms with van der Waals surface area (Å²) in [6.07, 6.45) is 3.77. The molecule has 14 heavy (non-hydrogen) atoms. The largest absolute Gasteiger partial charge is 0.409 e. The van der Waals surface area contributed by atoms with Gasteiger partial charge in [-0.3, -0.25) is 0 Å². The van der Waals surface area contributed by atoms with Crippen LogP contribution < -0.4 is 11.1 Å². The maximum atomic E-state index is 8.40. The number of nitrogens with two attached hydrogens (primary N) is 1. The van der Waals surface area contributed by atoms with Gasteiger partial charge in [-0.1, -0.05) is 18.5 Å². The van der Waals surface area contributed by atoms with Crippen LogP contribution in [0.25, 0.3) is 0 Å². The van der Waals surface area contributed by atoms with Crippen LogP contribution in [0, 0.1) is 0 Å². The van der Waals surface area contributed by atoms with Gasteiger partial charge < -0.3 is 16.3 Å². The molecule has 1 fully saturated rings. The minimum Gasteiger partial charge on any atom is -0.409 e. The van der Waals surface area contributed by atoms with E-state index in [1.165, 1.54) is 19.3 Å². The second-order valence-corrected chi connectivity index (χ2v) is 5.02. The third kappa shape index (κ3) is 3.38. The minimum atomic E-state index is 0.261. The molecule has 0 aliphatic heterocycles. The molecule has 0 heterocycles. The molecule has 0 radical (unpaired) electrons. The van der Waals surface area contributed by atoms with Crippen LogP contribution in [-0.2, 0) is 0 Å². The lowest BCUT2D eigenvalue weighted by Gasteiger charge is -2.19. The van der Waals surface area contributed by atoms with Gasteiger partial charge in [0.15, 0.2) is 5.84 Å². The molecule has 1 rings (SSSR count). The van der Waals surface area contributed by atoms with Gasteiger partial charge in [0, 0.05) is 11.3 Å². The summed E-state index contributed by atoms with van der Waals surface area (Å²) in [4.78, 5) is 0. The van der Waals surface area contributed by atoms with Gasteiger partial charge in [0.05, 0.1) is 6.54 Å². The van der Waals surface area contributed by atoms with Crippen molar-refractivity contribution in [2.45, 2.75) is 37.5 Å². The molecule has 0 amide bonds. The summed E-state index contributed by atoms with van der Waals surface area (Å²) in [5.74, 6) is 1.42. The average molecular weight is 217 g/mol. The van der Waals surface area contributed by atoms with Crippen LogP contribution in [0.2, 0.25) is 0 Å². The van der Waals surface area contributed by atoms with Crippen molar-refractivity contribution in [3.8, 4) is 0 Å². The lowest BCUT2D eigenvalue weighted by atomic mass is 10.2. The summed E-state index contributed by atoms with van der Waals surface area (Å²) in [6.45, 7) is 2.67. The van der Waals surface area contributed by atoms with Crippen molar-refractivity contribution in [1.82, 2.24) is 5.32 Å². The fraction of sp³-hybridized carbons (Fsp3) is 0.889. The monoisotopic (exact) mass is 217 g/mol. The third-order valence-electron chi connectivity index (χ3n) is 2.51. The van der Waals surface area contributed by atoms with E-state index >= 15 is 0 Å². The van der Waals surface area contributed by atoms with Crippen molar-refractivity contribution in [1.29, 1.82) is 0 Å². The first-order valence-corrected chi connectivity index (χ1v) is 6.14. The van der Waals surface area contributed by atoms with Crippen LogP contribution in [-0.4, -0.2) is 34.6 Å². The molecule has 0 spiro atoms. The second kappa shape index (κ2) is 6.14. The summed E-state index contributed by atoms with van der Waals surface area (Å²) in [5, 5.41) is 15.4. The lowest BCUT2D eigenvalue weighted by Crippen LogP contribution is -2.39. The van der Waals surface area contributed by atoms with E-state index in [4.69, 9.17) is 10.9 Å². The summed E-state index contributed by atoms with van der Waals surface area (Å²) >= 11 is 2.00. The molecule has 5 heteroatoms. The van der Waals surface area contributed by atoms with Gasteiger partial charge in [0.25, 0.3) is 0 Å². The standard InChI is InChI=1S/C9H19N3OS/c1-2-14-8-5-3-4-7(8)11-6-9(10)12-13/h7-8,11,13H,2-6H2,1H3,(H2,10,12). The van der Waals surface area contributed by atoms with E-state index in [1.807, 2.05) is 11.8 Å². The molecular weight excluding hydrogens is 198 g/mol. The maximum Gasteiger partial charge on any atom is 0.153 e. The lowest BCUT2D eigenvalue weighted by molar-refractivity contribution is 0.316. The van der Waals surface area contributed by atoms with E-state index in [9.17, 15) is 0 Å². The first-order chi connectivity index (χ1) is 6.77. The summed E-state index contributed by atoms with van der Waals surface area (Å²) in [5.41, 5.74) is 5.40. The molecular formula is C9H19N3OS. The zero-order chi connectivity index (χ0) is 10.4. The summed E-state index contributed by atoms with van der Waals surface area (Å²) in [6, 6.07) is 0.528. The van der Waals surface area contributed by atoms with Crippen LogP contribution in [0.1, 0.15) is 26.2 Å². The Hall–Kier alpha value is -0.420. The zero-order valence-corrected chi connectivity index (χ0v) is 9.39. The van der Waals surface area contributed by atoms with Crippen molar-refractivity contribution in [3.63, 3.8) is 0 Å². The normalized spacial score (nSPS) is 28.2. The number of hydrogen-bond donors (Lipinski definition) is 3. The molecule has 0 aromatic carbocycles. The highest BCUT2D eigenvalue weighted by atomic mass is 32.2. The SMILES string of the molecule is CCSC1CCCC1NCC(N)=NO.